The first-order valence-electron chi connectivity index (χ1n) is 9.19. The third kappa shape index (κ3) is 4.64. The summed E-state index contributed by atoms with van der Waals surface area (Å²) < 4.78 is 7.27. The van der Waals surface area contributed by atoms with Crippen molar-refractivity contribution in [1.82, 2.24) is 4.90 Å². The molecule has 1 aliphatic carbocycles. The van der Waals surface area contributed by atoms with Crippen LogP contribution in [0.3, 0.4) is 0 Å². The van der Waals surface area contributed by atoms with E-state index in [4.69, 9.17) is 10.5 Å². The van der Waals surface area contributed by atoms with Gasteiger partial charge in [-0.1, -0.05) is 22.9 Å². The number of hydrogen-bond donors (Lipinski definition) is 1. The first-order valence-corrected chi connectivity index (χ1v) is 9.98. The fourth-order valence-corrected chi connectivity index (χ4v) is 4.20. The van der Waals surface area contributed by atoms with E-state index in [1.807, 2.05) is 30.5 Å². The maximum atomic E-state index is 6.18. The average Bonchev–Trinajstić information content (AvgIpc) is 3.16. The predicted molar refractivity (Wildman–Crippen MR) is 107 cm³/mol. The van der Waals surface area contributed by atoms with Crippen LogP contribution in [-0.4, -0.2) is 36.5 Å². The van der Waals surface area contributed by atoms with Gasteiger partial charge in [-0.2, -0.15) is 0 Å². The minimum absolute atomic E-state index is 0.220. The zero-order chi connectivity index (χ0) is 17.8. The Morgan fingerprint density at radius 2 is 1.96 bits per heavy atom. The molecular weight excluding hydrogens is 378 g/mol. The van der Waals surface area contributed by atoms with Gasteiger partial charge < -0.3 is 10.5 Å². The van der Waals surface area contributed by atoms with Crippen LogP contribution in [0.1, 0.15) is 33.1 Å². The molecule has 5 heteroatoms. The third-order valence-electron chi connectivity index (χ3n) is 5.46. The Morgan fingerprint density at radius 3 is 2.52 bits per heavy atom. The molecule has 1 heterocycles. The van der Waals surface area contributed by atoms with Crippen LogP contribution in [0.25, 0.3) is 0 Å². The minimum atomic E-state index is 0.220. The fourth-order valence-electron chi connectivity index (χ4n) is 3.94. The van der Waals surface area contributed by atoms with Gasteiger partial charge in [-0.3, -0.25) is 9.89 Å². The van der Waals surface area contributed by atoms with E-state index in [1.54, 1.807) is 6.20 Å². The highest BCUT2D eigenvalue weighted by Gasteiger charge is 2.42. The van der Waals surface area contributed by atoms with Crippen molar-refractivity contribution in [3.05, 3.63) is 40.5 Å². The van der Waals surface area contributed by atoms with E-state index >= 15 is 0 Å². The van der Waals surface area contributed by atoms with Gasteiger partial charge in [-0.15, -0.1) is 0 Å². The van der Waals surface area contributed by atoms with Crippen molar-refractivity contribution in [2.75, 3.05) is 13.1 Å². The number of rotatable bonds is 6. The molecular formula is C20H28BrN3O. The fraction of sp³-hybridized carbons (Fsp3) is 0.550. The highest BCUT2D eigenvalue weighted by Crippen LogP contribution is 2.40. The maximum Gasteiger partial charge on any atom is 0.119 e. The van der Waals surface area contributed by atoms with Crippen molar-refractivity contribution in [3.8, 4) is 5.75 Å². The number of ether oxygens (including phenoxy) is 1. The summed E-state index contributed by atoms with van der Waals surface area (Å²) >= 11 is 3.47. The molecule has 25 heavy (non-hydrogen) atoms. The monoisotopic (exact) mass is 405 g/mol. The minimum Gasteiger partial charge on any atom is -0.490 e. The largest absolute Gasteiger partial charge is 0.490 e. The van der Waals surface area contributed by atoms with E-state index in [2.05, 4.69) is 39.7 Å². The zero-order valence-corrected chi connectivity index (χ0v) is 16.7. The van der Waals surface area contributed by atoms with Crippen molar-refractivity contribution >= 4 is 22.1 Å². The van der Waals surface area contributed by atoms with Crippen LogP contribution in [0, 0.1) is 11.8 Å². The Labute approximate surface area is 159 Å². The summed E-state index contributed by atoms with van der Waals surface area (Å²) in [5.74, 6) is 2.44. The summed E-state index contributed by atoms with van der Waals surface area (Å²) in [5, 5.41) is 0. The molecule has 3 rings (SSSR count). The molecule has 0 spiro atoms. The van der Waals surface area contributed by atoms with Gasteiger partial charge in [-0.25, -0.2) is 0 Å². The molecule has 136 valence electrons. The zero-order valence-electron chi connectivity index (χ0n) is 15.1. The van der Waals surface area contributed by atoms with Gasteiger partial charge in [0.25, 0.3) is 0 Å². The number of allylic oxidation sites excluding steroid dienone is 1. The van der Waals surface area contributed by atoms with Crippen molar-refractivity contribution in [1.29, 1.82) is 0 Å². The highest BCUT2D eigenvalue weighted by atomic mass is 79.9. The number of aliphatic imine (C=N–C) groups is 1. The molecule has 1 aliphatic heterocycles. The standard InChI is InChI=1S/C20H28BrN3O/c1-3-15(10-22)11-23-14(2)24-12-16-8-20(9-17(16)13-24)25-19-6-4-18(21)5-7-19/h4-7,10-11,14,16-17,20H,3,8-9,12-13,22H2,1-2H3/b15-10-,23-11?/t14?,16-,17+,20?. The number of benzene rings is 1. The number of likely N-dealkylation sites (tertiary alicyclic amines) is 1. The van der Waals surface area contributed by atoms with Crippen molar-refractivity contribution in [3.63, 3.8) is 0 Å². The van der Waals surface area contributed by atoms with Crippen LogP contribution in [0.15, 0.2) is 45.5 Å². The third-order valence-corrected chi connectivity index (χ3v) is 5.99. The lowest BCUT2D eigenvalue weighted by Gasteiger charge is -2.23. The summed E-state index contributed by atoms with van der Waals surface area (Å²) in [6, 6.07) is 8.15. The average molecular weight is 406 g/mol. The Morgan fingerprint density at radius 1 is 1.32 bits per heavy atom. The van der Waals surface area contributed by atoms with Crippen LogP contribution in [0.5, 0.6) is 5.75 Å². The number of halogens is 1. The lowest BCUT2D eigenvalue weighted by atomic mass is 10.0. The molecule has 0 radical (unpaired) electrons. The molecule has 2 aliphatic rings. The molecule has 0 aromatic heterocycles. The van der Waals surface area contributed by atoms with Gasteiger partial charge in [0.05, 0.1) is 12.3 Å². The van der Waals surface area contributed by atoms with Crippen molar-refractivity contribution in [2.24, 2.45) is 22.6 Å². The predicted octanol–water partition coefficient (Wildman–Crippen LogP) is 4.21. The molecule has 0 amide bonds. The topological polar surface area (TPSA) is 50.8 Å². The molecule has 1 saturated heterocycles. The van der Waals surface area contributed by atoms with Crippen molar-refractivity contribution < 1.29 is 4.74 Å². The highest BCUT2D eigenvalue weighted by molar-refractivity contribution is 9.10. The SMILES string of the molecule is CC/C(C=NC(C)N1C[C@H]2CC(Oc3ccc(Br)cc3)C[C@H]2C1)=C/N. The van der Waals surface area contributed by atoms with E-state index in [9.17, 15) is 0 Å². The van der Waals surface area contributed by atoms with E-state index < -0.39 is 0 Å². The summed E-state index contributed by atoms with van der Waals surface area (Å²) in [6.45, 7) is 6.52. The van der Waals surface area contributed by atoms with E-state index in [1.165, 1.54) is 0 Å². The smallest absolute Gasteiger partial charge is 0.119 e. The van der Waals surface area contributed by atoms with Gasteiger partial charge in [0.2, 0.25) is 0 Å². The number of nitrogens with zero attached hydrogens (tertiary/aromatic N) is 2. The molecule has 4 nitrogen and oxygen atoms in total. The Bertz CT molecular complexity index is 614. The Hall–Kier alpha value is -1.33. The van der Waals surface area contributed by atoms with E-state index in [-0.39, 0.29) is 6.17 Å². The van der Waals surface area contributed by atoms with Crippen LogP contribution in [0.2, 0.25) is 0 Å². The van der Waals surface area contributed by atoms with Gasteiger partial charge in [0.15, 0.2) is 0 Å². The molecule has 0 bridgehead atoms. The Kier molecular flexibility index (Phi) is 6.18. The lowest BCUT2D eigenvalue weighted by molar-refractivity contribution is 0.175. The van der Waals surface area contributed by atoms with E-state index in [0.29, 0.717) is 6.10 Å². The summed E-state index contributed by atoms with van der Waals surface area (Å²) in [7, 11) is 0. The second-order valence-corrected chi connectivity index (χ2v) is 8.06. The quantitative estimate of drug-likeness (QED) is 0.721. The van der Waals surface area contributed by atoms with E-state index in [0.717, 1.165) is 60.0 Å². The number of hydrogen-bond acceptors (Lipinski definition) is 4. The van der Waals surface area contributed by atoms with Crippen molar-refractivity contribution in [2.45, 2.75) is 45.4 Å². The normalized spacial score (nSPS) is 28.4. The lowest BCUT2D eigenvalue weighted by Crippen LogP contribution is -2.31. The second-order valence-electron chi connectivity index (χ2n) is 7.14. The van der Waals surface area contributed by atoms with Crippen LogP contribution < -0.4 is 10.5 Å². The number of nitrogens with two attached hydrogens (primary N) is 1. The number of fused-ring (bicyclic) bond motifs is 1. The second kappa shape index (κ2) is 8.37. The molecule has 1 saturated carbocycles. The van der Waals surface area contributed by atoms with Crippen LogP contribution in [-0.2, 0) is 0 Å². The molecule has 2 unspecified atom stereocenters. The summed E-state index contributed by atoms with van der Waals surface area (Å²) in [5.41, 5.74) is 6.69. The molecule has 1 aromatic rings. The first-order chi connectivity index (χ1) is 12.1. The van der Waals surface area contributed by atoms with Crippen LogP contribution in [0.4, 0.5) is 0 Å². The van der Waals surface area contributed by atoms with Gasteiger partial charge >= 0.3 is 0 Å². The Balaban J connectivity index is 1.50. The van der Waals surface area contributed by atoms with Gasteiger partial charge in [-0.05, 0) is 74.1 Å². The molecule has 2 fully saturated rings. The summed E-state index contributed by atoms with van der Waals surface area (Å²) in [6.07, 6.45) is 7.37. The molecule has 2 N–H and O–H groups in total. The van der Waals surface area contributed by atoms with Gasteiger partial charge in [0, 0.05) is 23.8 Å². The first kappa shape index (κ1) is 18.5. The summed E-state index contributed by atoms with van der Waals surface area (Å²) in [4.78, 5) is 7.18. The molecule has 1 aromatic carbocycles. The maximum absolute atomic E-state index is 6.18. The molecule has 4 atom stereocenters. The van der Waals surface area contributed by atoms with Crippen LogP contribution >= 0.6 is 15.9 Å². The van der Waals surface area contributed by atoms with Gasteiger partial charge in [0.1, 0.15) is 5.75 Å².